The van der Waals surface area contributed by atoms with Gasteiger partial charge < -0.3 is 10.6 Å². The Morgan fingerprint density at radius 3 is 2.52 bits per heavy atom. The molecule has 2 N–H and O–H groups in total. The molecule has 0 saturated carbocycles. The van der Waals surface area contributed by atoms with E-state index in [1.807, 2.05) is 0 Å². The average Bonchev–Trinajstić information content (AvgIpc) is 2.46. The first-order chi connectivity index (χ1) is 9.50. The zero-order chi connectivity index (χ0) is 14.6. The highest BCUT2D eigenvalue weighted by Crippen LogP contribution is 2.25. The van der Waals surface area contributed by atoms with E-state index in [2.05, 4.69) is 55.7 Å². The first-order valence-electron chi connectivity index (χ1n) is 7.55. The maximum absolute atomic E-state index is 12.2. The monoisotopic (exact) mass is 310 g/mol. The van der Waals surface area contributed by atoms with Crippen LogP contribution in [0, 0.1) is 12.8 Å². The van der Waals surface area contributed by atoms with E-state index >= 15 is 0 Å². The minimum Gasteiger partial charge on any atom is -0.355 e. The Kier molecular flexibility index (Phi) is 6.69. The molecule has 1 aromatic carbocycles. The normalized spacial score (nSPS) is 16.1. The third kappa shape index (κ3) is 4.72. The first kappa shape index (κ1) is 18.0. The van der Waals surface area contributed by atoms with Gasteiger partial charge in [-0.1, -0.05) is 38.1 Å². The molecule has 0 spiro atoms. The highest BCUT2D eigenvalue weighted by molar-refractivity contribution is 5.85. The Morgan fingerprint density at radius 2 is 1.90 bits per heavy atom. The number of benzene rings is 1. The molecule has 21 heavy (non-hydrogen) atoms. The summed E-state index contributed by atoms with van der Waals surface area (Å²) in [6.07, 6.45) is 1.91. The minimum absolute atomic E-state index is 0. The number of piperidine rings is 1. The molecule has 0 bridgehead atoms. The molecule has 0 aromatic heterocycles. The van der Waals surface area contributed by atoms with Gasteiger partial charge in [-0.25, -0.2) is 0 Å². The predicted molar refractivity (Wildman–Crippen MR) is 90.1 cm³/mol. The highest BCUT2D eigenvalue weighted by Gasteiger charge is 2.26. The molecule has 1 saturated heterocycles. The average molecular weight is 311 g/mol. The highest BCUT2D eigenvalue weighted by atomic mass is 35.5. The molecule has 2 rings (SSSR count). The number of carbonyl (C=O) groups is 1. The van der Waals surface area contributed by atoms with Crippen LogP contribution in [-0.2, 0) is 10.2 Å². The predicted octanol–water partition coefficient (Wildman–Crippen LogP) is 2.81. The first-order valence-corrected chi connectivity index (χ1v) is 7.55. The summed E-state index contributed by atoms with van der Waals surface area (Å²) in [5, 5.41) is 6.45. The van der Waals surface area contributed by atoms with Crippen LogP contribution in [0.2, 0.25) is 0 Å². The van der Waals surface area contributed by atoms with Crippen LogP contribution >= 0.6 is 12.4 Å². The van der Waals surface area contributed by atoms with Gasteiger partial charge in [0, 0.05) is 17.9 Å². The third-order valence-electron chi connectivity index (χ3n) is 4.29. The molecule has 118 valence electrons. The second-order valence-corrected chi connectivity index (χ2v) is 6.44. The van der Waals surface area contributed by atoms with Crippen LogP contribution in [0.1, 0.15) is 37.8 Å². The van der Waals surface area contributed by atoms with Crippen LogP contribution in [0.4, 0.5) is 0 Å². The van der Waals surface area contributed by atoms with Crippen molar-refractivity contribution in [3.05, 3.63) is 35.4 Å². The number of hydrogen-bond acceptors (Lipinski definition) is 2. The van der Waals surface area contributed by atoms with Crippen molar-refractivity contribution >= 4 is 18.3 Å². The molecule has 3 nitrogen and oxygen atoms in total. The lowest BCUT2D eigenvalue weighted by Crippen LogP contribution is -2.43. The van der Waals surface area contributed by atoms with Crippen LogP contribution in [0.15, 0.2) is 24.3 Å². The smallest absolute Gasteiger partial charge is 0.223 e. The number of halogens is 1. The zero-order valence-electron chi connectivity index (χ0n) is 13.2. The summed E-state index contributed by atoms with van der Waals surface area (Å²) in [4.78, 5) is 12.2. The number of amides is 1. The molecule has 0 atom stereocenters. The van der Waals surface area contributed by atoms with Crippen molar-refractivity contribution in [1.82, 2.24) is 10.6 Å². The van der Waals surface area contributed by atoms with Crippen molar-refractivity contribution in [2.24, 2.45) is 5.92 Å². The SMILES string of the molecule is Cc1ccccc1C(C)(C)CNC(=O)C1CCNCC1.Cl. The van der Waals surface area contributed by atoms with E-state index in [1.165, 1.54) is 11.1 Å². The Morgan fingerprint density at radius 1 is 1.29 bits per heavy atom. The molecule has 4 heteroatoms. The fourth-order valence-electron chi connectivity index (χ4n) is 2.96. The number of carbonyl (C=O) groups excluding carboxylic acids is 1. The van der Waals surface area contributed by atoms with Crippen molar-refractivity contribution in [2.45, 2.75) is 39.0 Å². The summed E-state index contributed by atoms with van der Waals surface area (Å²) in [6, 6.07) is 8.42. The van der Waals surface area contributed by atoms with Crippen LogP contribution in [0.3, 0.4) is 0 Å². The second-order valence-electron chi connectivity index (χ2n) is 6.44. The van der Waals surface area contributed by atoms with E-state index in [0.29, 0.717) is 6.54 Å². The van der Waals surface area contributed by atoms with Gasteiger partial charge in [-0.2, -0.15) is 0 Å². The maximum atomic E-state index is 12.2. The fourth-order valence-corrected chi connectivity index (χ4v) is 2.96. The van der Waals surface area contributed by atoms with E-state index in [0.717, 1.165) is 25.9 Å². The molecule has 1 aromatic rings. The van der Waals surface area contributed by atoms with E-state index in [4.69, 9.17) is 0 Å². The Balaban J connectivity index is 0.00000220. The van der Waals surface area contributed by atoms with E-state index < -0.39 is 0 Å². The molecule has 0 radical (unpaired) electrons. The van der Waals surface area contributed by atoms with E-state index in [9.17, 15) is 4.79 Å². The molecular weight excluding hydrogens is 284 g/mol. The van der Waals surface area contributed by atoms with Gasteiger partial charge in [0.25, 0.3) is 0 Å². The van der Waals surface area contributed by atoms with Crippen LogP contribution < -0.4 is 10.6 Å². The van der Waals surface area contributed by atoms with E-state index in [-0.39, 0.29) is 29.6 Å². The summed E-state index contributed by atoms with van der Waals surface area (Å²) < 4.78 is 0. The quantitative estimate of drug-likeness (QED) is 0.898. The number of aryl methyl sites for hydroxylation is 1. The lowest BCUT2D eigenvalue weighted by atomic mass is 9.82. The summed E-state index contributed by atoms with van der Waals surface area (Å²) in [7, 11) is 0. The van der Waals surface area contributed by atoms with Gasteiger partial charge in [0.1, 0.15) is 0 Å². The van der Waals surface area contributed by atoms with Gasteiger partial charge in [0.15, 0.2) is 0 Å². The van der Waals surface area contributed by atoms with Crippen molar-refractivity contribution in [2.75, 3.05) is 19.6 Å². The van der Waals surface area contributed by atoms with Crippen molar-refractivity contribution in [3.8, 4) is 0 Å². The van der Waals surface area contributed by atoms with Gasteiger partial charge in [-0.3, -0.25) is 4.79 Å². The molecule has 1 aliphatic rings. The molecule has 0 aliphatic carbocycles. The Hall–Kier alpha value is -1.06. The number of hydrogen-bond donors (Lipinski definition) is 2. The van der Waals surface area contributed by atoms with Crippen LogP contribution in [0.25, 0.3) is 0 Å². The van der Waals surface area contributed by atoms with Gasteiger partial charge in [-0.15, -0.1) is 12.4 Å². The molecule has 0 unspecified atom stereocenters. The maximum Gasteiger partial charge on any atom is 0.223 e. The standard InChI is InChI=1S/C17H26N2O.ClH/c1-13-6-4-5-7-15(13)17(2,3)12-19-16(20)14-8-10-18-11-9-14;/h4-7,14,18H,8-12H2,1-3H3,(H,19,20);1H. The number of nitrogens with one attached hydrogen (secondary N) is 2. The Labute approximate surface area is 134 Å². The lowest BCUT2D eigenvalue weighted by molar-refractivity contribution is -0.125. The van der Waals surface area contributed by atoms with Gasteiger partial charge in [-0.05, 0) is 44.0 Å². The molecule has 1 heterocycles. The summed E-state index contributed by atoms with van der Waals surface area (Å²) >= 11 is 0. The van der Waals surface area contributed by atoms with E-state index in [1.54, 1.807) is 0 Å². The molecular formula is C17H27ClN2O. The third-order valence-corrected chi connectivity index (χ3v) is 4.29. The molecule has 1 amide bonds. The van der Waals surface area contributed by atoms with Gasteiger partial charge >= 0.3 is 0 Å². The largest absolute Gasteiger partial charge is 0.355 e. The summed E-state index contributed by atoms with van der Waals surface area (Å²) in [5.74, 6) is 0.400. The Bertz CT molecular complexity index is 468. The van der Waals surface area contributed by atoms with Crippen molar-refractivity contribution in [3.63, 3.8) is 0 Å². The minimum atomic E-state index is -0.0338. The number of rotatable bonds is 4. The summed E-state index contributed by atoms with van der Waals surface area (Å²) in [5.41, 5.74) is 2.56. The second kappa shape index (κ2) is 7.81. The van der Waals surface area contributed by atoms with Crippen LogP contribution in [-0.4, -0.2) is 25.5 Å². The van der Waals surface area contributed by atoms with Crippen molar-refractivity contribution in [1.29, 1.82) is 0 Å². The van der Waals surface area contributed by atoms with Crippen LogP contribution in [0.5, 0.6) is 0 Å². The van der Waals surface area contributed by atoms with Gasteiger partial charge in [0.05, 0.1) is 0 Å². The summed E-state index contributed by atoms with van der Waals surface area (Å²) in [6.45, 7) is 9.13. The van der Waals surface area contributed by atoms with Gasteiger partial charge in [0.2, 0.25) is 5.91 Å². The topological polar surface area (TPSA) is 41.1 Å². The molecule has 1 fully saturated rings. The fraction of sp³-hybridized carbons (Fsp3) is 0.588. The van der Waals surface area contributed by atoms with Crippen molar-refractivity contribution < 1.29 is 4.79 Å². The molecule has 1 aliphatic heterocycles. The zero-order valence-corrected chi connectivity index (χ0v) is 14.1. The lowest BCUT2D eigenvalue weighted by Gasteiger charge is -2.29.